The summed E-state index contributed by atoms with van der Waals surface area (Å²) < 4.78 is 27.8. The molecule has 1 aromatic rings. The van der Waals surface area contributed by atoms with Crippen molar-refractivity contribution in [3.8, 4) is 5.75 Å². The number of hydrogen-bond acceptors (Lipinski definition) is 5. The average molecular weight is 301 g/mol. The molecule has 1 amide bonds. The second-order valence-corrected chi connectivity index (χ2v) is 5.80. The molecule has 8 heteroatoms. The van der Waals surface area contributed by atoms with Crippen LogP contribution >= 0.6 is 0 Å². The molecular weight excluding hydrogens is 282 g/mol. The molecule has 0 aliphatic heterocycles. The van der Waals surface area contributed by atoms with Gasteiger partial charge >= 0.3 is 0 Å². The first-order valence-corrected chi connectivity index (χ1v) is 7.46. The maximum Gasteiger partial charge on any atom is 0.257 e. The van der Waals surface area contributed by atoms with Crippen molar-refractivity contribution in [3.05, 3.63) is 23.8 Å². The lowest BCUT2D eigenvalue weighted by atomic mass is 10.1. The quantitative estimate of drug-likeness (QED) is 0.746. The number of methoxy groups -OCH3 is 1. The average Bonchev–Trinajstić information content (AvgIpc) is 2.42. The summed E-state index contributed by atoms with van der Waals surface area (Å²) >= 11 is 0. The molecule has 20 heavy (non-hydrogen) atoms. The fourth-order valence-corrected chi connectivity index (χ4v) is 2.16. The zero-order valence-corrected chi connectivity index (χ0v) is 12.5. The summed E-state index contributed by atoms with van der Waals surface area (Å²) in [6, 6.07) is 3.95. The molecule has 0 radical (unpaired) electrons. The molecule has 0 aromatic heterocycles. The second-order valence-electron chi connectivity index (χ2n) is 4.24. The third-order valence-corrected chi connectivity index (χ3v) is 3.68. The van der Waals surface area contributed by atoms with Gasteiger partial charge in [-0.15, -0.1) is 0 Å². The smallest absolute Gasteiger partial charge is 0.257 e. The number of nitrogens with zero attached hydrogens (tertiary/aromatic N) is 1. The van der Waals surface area contributed by atoms with Gasteiger partial charge in [0.1, 0.15) is 5.75 Å². The molecule has 0 spiro atoms. The van der Waals surface area contributed by atoms with Gasteiger partial charge in [-0.25, -0.2) is 13.6 Å². The van der Waals surface area contributed by atoms with Gasteiger partial charge in [-0.05, 0) is 25.2 Å². The molecule has 0 heterocycles. The predicted molar refractivity (Wildman–Crippen MR) is 75.3 cm³/mol. The Labute approximate surface area is 118 Å². The Morgan fingerprint density at radius 2 is 2.10 bits per heavy atom. The number of likely N-dealkylation sites (N-methyl/N-ethyl adjacent to an activating group) is 2. The second kappa shape index (κ2) is 6.69. The van der Waals surface area contributed by atoms with Crippen LogP contribution in [0.15, 0.2) is 23.1 Å². The van der Waals surface area contributed by atoms with Crippen LogP contribution in [0.3, 0.4) is 0 Å². The largest absolute Gasteiger partial charge is 0.496 e. The lowest BCUT2D eigenvalue weighted by Gasteiger charge is -2.18. The normalized spacial score (nSPS) is 11.2. The third kappa shape index (κ3) is 3.92. The Morgan fingerprint density at radius 1 is 1.45 bits per heavy atom. The van der Waals surface area contributed by atoms with Crippen molar-refractivity contribution in [1.29, 1.82) is 0 Å². The highest BCUT2D eigenvalue weighted by atomic mass is 32.2. The van der Waals surface area contributed by atoms with Crippen molar-refractivity contribution >= 4 is 15.9 Å². The number of benzene rings is 1. The summed E-state index contributed by atoms with van der Waals surface area (Å²) in [5.74, 6) is -0.0266. The molecule has 0 saturated carbocycles. The molecule has 0 bridgehead atoms. The number of ether oxygens (including phenoxy) is 1. The van der Waals surface area contributed by atoms with E-state index in [9.17, 15) is 13.2 Å². The van der Waals surface area contributed by atoms with E-state index in [1.807, 2.05) is 0 Å². The Morgan fingerprint density at radius 3 is 2.60 bits per heavy atom. The van der Waals surface area contributed by atoms with Crippen molar-refractivity contribution in [2.75, 3.05) is 34.3 Å². The van der Waals surface area contributed by atoms with Crippen LogP contribution in [0.25, 0.3) is 0 Å². The number of nitrogens with two attached hydrogens (primary N) is 1. The molecule has 0 aliphatic rings. The van der Waals surface area contributed by atoms with E-state index in [0.29, 0.717) is 18.8 Å². The molecule has 1 aromatic carbocycles. The molecular formula is C12H19N3O4S. The number of hydrogen-bond donors (Lipinski definition) is 2. The first-order valence-electron chi connectivity index (χ1n) is 5.92. The lowest BCUT2D eigenvalue weighted by Crippen LogP contribution is -2.33. The van der Waals surface area contributed by atoms with Gasteiger partial charge in [0.05, 0.1) is 17.6 Å². The highest BCUT2D eigenvalue weighted by molar-refractivity contribution is 7.89. The minimum Gasteiger partial charge on any atom is -0.496 e. The molecule has 0 saturated heterocycles. The van der Waals surface area contributed by atoms with Crippen LogP contribution in [0.1, 0.15) is 10.4 Å². The van der Waals surface area contributed by atoms with Crippen molar-refractivity contribution in [2.45, 2.75) is 4.90 Å². The summed E-state index contributed by atoms with van der Waals surface area (Å²) in [6.45, 7) is 1.11. The lowest BCUT2D eigenvalue weighted by molar-refractivity contribution is 0.0793. The first-order chi connectivity index (χ1) is 9.31. The number of carbonyl (C=O) groups excluding carboxylic acids is 1. The van der Waals surface area contributed by atoms with Gasteiger partial charge in [0.15, 0.2) is 0 Å². The maximum atomic E-state index is 12.3. The molecule has 0 unspecified atom stereocenters. The molecule has 3 N–H and O–H groups in total. The Balaban J connectivity index is 3.17. The number of sulfonamides is 1. The van der Waals surface area contributed by atoms with Crippen LogP contribution < -0.4 is 15.2 Å². The van der Waals surface area contributed by atoms with E-state index in [4.69, 9.17) is 9.88 Å². The van der Waals surface area contributed by atoms with Crippen LogP contribution in [0.2, 0.25) is 0 Å². The SMILES string of the molecule is CNCCN(C)C(=O)c1cc(S(N)(=O)=O)ccc1OC. The van der Waals surface area contributed by atoms with Gasteiger partial charge in [0.2, 0.25) is 10.0 Å². The standard InChI is InChI=1S/C12H19N3O4S/c1-14-6-7-15(2)12(16)10-8-9(20(13,17)18)4-5-11(10)19-3/h4-5,8,14H,6-7H2,1-3H3,(H2,13,17,18). The Kier molecular flexibility index (Phi) is 5.49. The highest BCUT2D eigenvalue weighted by Gasteiger charge is 2.19. The van der Waals surface area contributed by atoms with E-state index in [1.54, 1.807) is 14.1 Å². The van der Waals surface area contributed by atoms with Crippen LogP contribution in [-0.2, 0) is 10.0 Å². The number of rotatable bonds is 6. The third-order valence-electron chi connectivity index (χ3n) is 2.77. The summed E-state index contributed by atoms with van der Waals surface area (Å²) in [5, 5.41) is 8.00. The number of primary sulfonamides is 1. The Hall–Kier alpha value is -1.64. The van der Waals surface area contributed by atoms with Crippen molar-refractivity contribution < 1.29 is 17.9 Å². The van der Waals surface area contributed by atoms with E-state index in [2.05, 4.69) is 5.32 Å². The topological polar surface area (TPSA) is 102 Å². The van der Waals surface area contributed by atoms with Gasteiger partial charge < -0.3 is 15.0 Å². The Bertz CT molecular complexity index is 586. The van der Waals surface area contributed by atoms with Crippen LogP contribution in [0.4, 0.5) is 0 Å². The fourth-order valence-electron chi connectivity index (χ4n) is 1.62. The van der Waals surface area contributed by atoms with Gasteiger partial charge in [0.25, 0.3) is 5.91 Å². The zero-order valence-electron chi connectivity index (χ0n) is 11.7. The highest BCUT2D eigenvalue weighted by Crippen LogP contribution is 2.23. The number of amides is 1. The van der Waals surface area contributed by atoms with E-state index < -0.39 is 10.0 Å². The molecule has 112 valence electrons. The van der Waals surface area contributed by atoms with E-state index in [0.717, 1.165) is 0 Å². The fraction of sp³-hybridized carbons (Fsp3) is 0.417. The summed E-state index contributed by atoms with van der Waals surface area (Å²) in [5.41, 5.74) is 0.164. The molecule has 0 aliphatic carbocycles. The summed E-state index contributed by atoms with van der Waals surface area (Å²) in [4.78, 5) is 13.6. The number of carbonyl (C=O) groups is 1. The molecule has 0 fully saturated rings. The molecule has 0 atom stereocenters. The van der Waals surface area contributed by atoms with Crippen molar-refractivity contribution in [1.82, 2.24) is 10.2 Å². The van der Waals surface area contributed by atoms with Gasteiger partial charge in [-0.3, -0.25) is 4.79 Å². The van der Waals surface area contributed by atoms with Crippen LogP contribution in [-0.4, -0.2) is 53.5 Å². The minimum absolute atomic E-state index is 0.122. The maximum absolute atomic E-state index is 12.3. The predicted octanol–water partition coefficient (Wildman–Crippen LogP) is -0.366. The molecule has 7 nitrogen and oxygen atoms in total. The van der Waals surface area contributed by atoms with E-state index >= 15 is 0 Å². The van der Waals surface area contributed by atoms with Crippen LogP contribution in [0.5, 0.6) is 5.75 Å². The van der Waals surface area contributed by atoms with E-state index in [-0.39, 0.29) is 16.4 Å². The summed E-state index contributed by atoms with van der Waals surface area (Å²) in [6.07, 6.45) is 0. The first kappa shape index (κ1) is 16.4. The number of nitrogens with one attached hydrogen (secondary N) is 1. The van der Waals surface area contributed by atoms with Crippen molar-refractivity contribution in [2.24, 2.45) is 5.14 Å². The van der Waals surface area contributed by atoms with Crippen LogP contribution in [0, 0.1) is 0 Å². The monoisotopic (exact) mass is 301 g/mol. The zero-order chi connectivity index (χ0) is 15.3. The van der Waals surface area contributed by atoms with Crippen molar-refractivity contribution in [3.63, 3.8) is 0 Å². The van der Waals surface area contributed by atoms with Gasteiger partial charge in [0, 0.05) is 20.1 Å². The van der Waals surface area contributed by atoms with Gasteiger partial charge in [-0.1, -0.05) is 0 Å². The minimum atomic E-state index is -3.87. The summed E-state index contributed by atoms with van der Waals surface area (Å²) in [7, 11) is 0.954. The van der Waals surface area contributed by atoms with Gasteiger partial charge in [-0.2, -0.15) is 0 Å². The molecule has 1 rings (SSSR count). The van der Waals surface area contributed by atoms with E-state index in [1.165, 1.54) is 30.2 Å².